The largest absolute Gasteiger partial charge is 0.497 e. The minimum Gasteiger partial charge on any atom is -0.497 e. The minimum absolute atomic E-state index is 0.258. The first kappa shape index (κ1) is 14.2. The number of hydrogen-bond donors (Lipinski definition) is 0. The fourth-order valence-electron chi connectivity index (χ4n) is 2.53. The van der Waals surface area contributed by atoms with Gasteiger partial charge in [0.05, 0.1) is 7.11 Å². The van der Waals surface area contributed by atoms with Gasteiger partial charge in [0.25, 0.3) is 0 Å². The van der Waals surface area contributed by atoms with Crippen LogP contribution in [0.2, 0.25) is 0 Å². The molecule has 0 aliphatic heterocycles. The molecule has 0 radical (unpaired) electrons. The van der Waals surface area contributed by atoms with E-state index in [1.807, 2.05) is 30.3 Å². The van der Waals surface area contributed by atoms with Crippen LogP contribution in [0.1, 0.15) is 25.2 Å². The van der Waals surface area contributed by atoms with Gasteiger partial charge in [0.2, 0.25) is 0 Å². The third kappa shape index (κ3) is 2.46. The molecule has 0 saturated carbocycles. The molecule has 0 atom stereocenters. The molecule has 0 spiro atoms. The molecule has 0 aliphatic rings. The van der Waals surface area contributed by atoms with Crippen LogP contribution in [-0.2, 0) is 5.41 Å². The zero-order valence-corrected chi connectivity index (χ0v) is 13.9. The molecule has 0 bridgehead atoms. The number of rotatable bonds is 3. The van der Waals surface area contributed by atoms with Gasteiger partial charge in [-0.25, -0.2) is 0 Å². The number of fused-ring (bicyclic) bond motifs is 1. The monoisotopic (exact) mass is 344 g/mol. The van der Waals surface area contributed by atoms with Crippen molar-refractivity contribution in [2.75, 3.05) is 7.11 Å². The number of ether oxygens (including phenoxy) is 1. The van der Waals surface area contributed by atoms with Gasteiger partial charge in [-0.15, -0.1) is 0 Å². The third-order valence-electron chi connectivity index (χ3n) is 3.89. The quantitative estimate of drug-likeness (QED) is 0.623. The van der Waals surface area contributed by atoms with Crippen LogP contribution in [0, 0.1) is 0 Å². The Balaban J connectivity index is 2.14. The zero-order chi connectivity index (χ0) is 15.0. The van der Waals surface area contributed by atoms with Crippen LogP contribution in [-0.4, -0.2) is 7.11 Å². The van der Waals surface area contributed by atoms with Gasteiger partial charge in [0.15, 0.2) is 0 Å². The van der Waals surface area contributed by atoms with Crippen molar-refractivity contribution in [1.29, 1.82) is 0 Å². The molecular weight excluding hydrogens is 328 g/mol. The molecule has 0 fully saturated rings. The van der Waals surface area contributed by atoms with E-state index in [4.69, 9.17) is 9.15 Å². The van der Waals surface area contributed by atoms with E-state index in [-0.39, 0.29) is 5.41 Å². The molecule has 3 aromatic rings. The van der Waals surface area contributed by atoms with Gasteiger partial charge in [0, 0.05) is 15.3 Å². The van der Waals surface area contributed by atoms with E-state index in [0.29, 0.717) is 0 Å². The molecule has 108 valence electrons. The maximum atomic E-state index is 6.05. The van der Waals surface area contributed by atoms with Crippen molar-refractivity contribution in [3.05, 3.63) is 64.3 Å². The fraction of sp³-hybridized carbons (Fsp3) is 0.222. The molecule has 3 rings (SSSR count). The summed E-state index contributed by atoms with van der Waals surface area (Å²) in [6, 6.07) is 16.2. The van der Waals surface area contributed by atoms with Crippen LogP contribution in [0.4, 0.5) is 0 Å². The van der Waals surface area contributed by atoms with Gasteiger partial charge in [-0.3, -0.25) is 0 Å². The minimum atomic E-state index is -0.258. The van der Waals surface area contributed by atoms with Crippen LogP contribution < -0.4 is 4.74 Å². The summed E-state index contributed by atoms with van der Waals surface area (Å²) in [5.74, 6) is 1.79. The number of hydrogen-bond acceptors (Lipinski definition) is 2. The molecule has 3 heteroatoms. The van der Waals surface area contributed by atoms with Crippen molar-refractivity contribution >= 4 is 26.9 Å². The SMILES string of the molecule is COc1ccc(Br)c(C(C)(C)c2cc3ccccc3o2)c1. The summed E-state index contributed by atoms with van der Waals surface area (Å²) in [6.45, 7) is 4.31. The van der Waals surface area contributed by atoms with E-state index in [1.54, 1.807) is 7.11 Å². The highest BCUT2D eigenvalue weighted by atomic mass is 79.9. The molecule has 2 nitrogen and oxygen atoms in total. The summed E-state index contributed by atoms with van der Waals surface area (Å²) in [7, 11) is 1.68. The molecular formula is C18H17BrO2. The van der Waals surface area contributed by atoms with E-state index < -0.39 is 0 Å². The molecule has 0 N–H and O–H groups in total. The summed E-state index contributed by atoms with van der Waals surface area (Å²) in [5.41, 5.74) is 1.80. The van der Waals surface area contributed by atoms with Gasteiger partial charge in [-0.2, -0.15) is 0 Å². The van der Waals surface area contributed by atoms with Gasteiger partial charge in [-0.05, 0) is 49.7 Å². The van der Waals surface area contributed by atoms with Crippen molar-refractivity contribution in [3.63, 3.8) is 0 Å². The van der Waals surface area contributed by atoms with Crippen molar-refractivity contribution in [2.45, 2.75) is 19.3 Å². The van der Waals surface area contributed by atoms with E-state index in [0.717, 1.165) is 32.5 Å². The fourth-order valence-corrected chi connectivity index (χ4v) is 3.28. The summed E-state index contributed by atoms with van der Waals surface area (Å²) in [6.07, 6.45) is 0. The van der Waals surface area contributed by atoms with Crippen molar-refractivity contribution < 1.29 is 9.15 Å². The van der Waals surface area contributed by atoms with E-state index >= 15 is 0 Å². The lowest BCUT2D eigenvalue weighted by Gasteiger charge is -2.24. The van der Waals surface area contributed by atoms with Crippen molar-refractivity contribution in [1.82, 2.24) is 0 Å². The molecule has 0 amide bonds. The summed E-state index contributed by atoms with van der Waals surface area (Å²) in [5, 5.41) is 1.12. The first-order valence-corrected chi connectivity index (χ1v) is 7.65. The third-order valence-corrected chi connectivity index (χ3v) is 4.58. The number of para-hydroxylation sites is 1. The second kappa shape index (κ2) is 5.23. The van der Waals surface area contributed by atoms with Crippen LogP contribution in [0.5, 0.6) is 5.75 Å². The molecule has 1 heterocycles. The number of benzene rings is 2. The summed E-state index contributed by atoms with van der Waals surface area (Å²) >= 11 is 3.64. The highest BCUT2D eigenvalue weighted by Crippen LogP contribution is 2.39. The summed E-state index contributed by atoms with van der Waals surface area (Å²) < 4.78 is 12.5. The van der Waals surface area contributed by atoms with Gasteiger partial charge in [0.1, 0.15) is 17.1 Å². The topological polar surface area (TPSA) is 22.4 Å². The Morgan fingerprint density at radius 2 is 1.81 bits per heavy atom. The predicted octanol–water partition coefficient (Wildman–Crippen LogP) is 5.53. The first-order chi connectivity index (χ1) is 10.0. The van der Waals surface area contributed by atoms with Crippen LogP contribution >= 0.6 is 15.9 Å². The number of furan rings is 1. The Labute approximate surface area is 132 Å². The second-order valence-corrected chi connectivity index (χ2v) is 6.47. The molecule has 1 aromatic heterocycles. The lowest BCUT2D eigenvalue weighted by molar-refractivity contribution is 0.410. The lowest BCUT2D eigenvalue weighted by atomic mass is 9.82. The van der Waals surface area contributed by atoms with E-state index in [1.165, 1.54) is 0 Å². The molecule has 2 aromatic carbocycles. The Bertz CT molecular complexity index is 754. The Morgan fingerprint density at radius 3 is 2.52 bits per heavy atom. The molecule has 0 unspecified atom stereocenters. The maximum Gasteiger partial charge on any atom is 0.134 e. The van der Waals surface area contributed by atoms with Crippen LogP contribution in [0.25, 0.3) is 11.0 Å². The van der Waals surface area contributed by atoms with Gasteiger partial charge < -0.3 is 9.15 Å². The number of methoxy groups -OCH3 is 1. The average molecular weight is 345 g/mol. The number of halogens is 1. The van der Waals surface area contributed by atoms with Gasteiger partial charge in [-0.1, -0.05) is 34.1 Å². The summed E-state index contributed by atoms with van der Waals surface area (Å²) in [4.78, 5) is 0. The Hall–Kier alpha value is -1.74. The normalized spacial score (nSPS) is 11.8. The average Bonchev–Trinajstić information content (AvgIpc) is 2.92. The van der Waals surface area contributed by atoms with Crippen molar-refractivity contribution in [3.8, 4) is 5.75 Å². The van der Waals surface area contributed by atoms with E-state index in [9.17, 15) is 0 Å². The predicted molar refractivity (Wildman–Crippen MR) is 89.0 cm³/mol. The smallest absolute Gasteiger partial charge is 0.134 e. The van der Waals surface area contributed by atoms with Crippen molar-refractivity contribution in [2.24, 2.45) is 0 Å². The molecule has 21 heavy (non-hydrogen) atoms. The molecule has 0 aliphatic carbocycles. The first-order valence-electron chi connectivity index (χ1n) is 6.85. The lowest BCUT2D eigenvalue weighted by Crippen LogP contribution is -2.18. The zero-order valence-electron chi connectivity index (χ0n) is 12.3. The second-order valence-electron chi connectivity index (χ2n) is 5.62. The van der Waals surface area contributed by atoms with E-state index in [2.05, 4.69) is 48.0 Å². The van der Waals surface area contributed by atoms with Gasteiger partial charge >= 0.3 is 0 Å². The Kier molecular flexibility index (Phi) is 3.54. The standard InChI is InChI=1S/C18H17BrO2/c1-18(2,14-11-13(20-3)8-9-15(14)19)17-10-12-6-4-5-7-16(12)21-17/h4-11H,1-3H3. The maximum absolute atomic E-state index is 6.05. The molecule has 0 saturated heterocycles. The van der Waals surface area contributed by atoms with Crippen LogP contribution in [0.3, 0.4) is 0 Å². The van der Waals surface area contributed by atoms with Crippen LogP contribution in [0.15, 0.2) is 57.4 Å². The Morgan fingerprint density at radius 1 is 1.05 bits per heavy atom. The highest BCUT2D eigenvalue weighted by Gasteiger charge is 2.29. The highest BCUT2D eigenvalue weighted by molar-refractivity contribution is 9.10.